The van der Waals surface area contributed by atoms with Gasteiger partial charge in [0.2, 0.25) is 10.0 Å². The molecular formula is C20H16F3N5O4S. The van der Waals surface area contributed by atoms with Gasteiger partial charge in [0.05, 0.1) is 29.6 Å². The maximum Gasteiger partial charge on any atom is 0.573 e. The number of H-pyrrole nitrogens is 1. The molecule has 0 spiro atoms. The summed E-state index contributed by atoms with van der Waals surface area (Å²) in [6.07, 6.45) is -1.26. The van der Waals surface area contributed by atoms with E-state index < -0.39 is 22.3 Å². The van der Waals surface area contributed by atoms with Gasteiger partial charge in [-0.05, 0) is 42.5 Å². The van der Waals surface area contributed by atoms with Gasteiger partial charge in [-0.3, -0.25) is 8.77 Å². The summed E-state index contributed by atoms with van der Waals surface area (Å²) in [7, 11) is -3.48. The first kappa shape index (κ1) is 22.3. The fourth-order valence-corrected chi connectivity index (χ4v) is 3.58. The Hall–Kier alpha value is -3.87. The highest BCUT2D eigenvalue weighted by Gasteiger charge is 2.31. The number of rotatable bonds is 6. The molecule has 0 unspecified atom stereocenters. The third-order valence-corrected chi connectivity index (χ3v) is 5.50. The molecule has 0 aliphatic heterocycles. The average molecular weight is 479 g/mol. The summed E-state index contributed by atoms with van der Waals surface area (Å²) in [5.74, 6) is -0.399. The number of ether oxygens (including phenoxy) is 1. The molecule has 4 aromatic rings. The number of hydrogen-bond donors (Lipinski definition) is 2. The highest BCUT2D eigenvalue weighted by atomic mass is 32.2. The van der Waals surface area contributed by atoms with Crippen LogP contribution in [-0.2, 0) is 16.6 Å². The summed E-state index contributed by atoms with van der Waals surface area (Å²) in [5, 5.41) is 2.64. The van der Waals surface area contributed by atoms with Gasteiger partial charge in [0.15, 0.2) is 5.65 Å². The minimum absolute atomic E-state index is 0.0397. The number of aromatic nitrogens is 4. The van der Waals surface area contributed by atoms with Crippen LogP contribution in [0.15, 0.2) is 54.9 Å². The lowest BCUT2D eigenvalue weighted by atomic mass is 10.1. The smallest absolute Gasteiger partial charge is 0.406 e. The van der Waals surface area contributed by atoms with E-state index in [0.717, 1.165) is 10.2 Å². The predicted octanol–water partition coefficient (Wildman–Crippen LogP) is 3.06. The van der Waals surface area contributed by atoms with Crippen molar-refractivity contribution in [3.8, 4) is 17.0 Å². The number of carbonyl (C=O) groups is 1. The molecular weight excluding hydrogens is 463 g/mol. The minimum Gasteiger partial charge on any atom is -0.406 e. The minimum atomic E-state index is -4.77. The van der Waals surface area contributed by atoms with Crippen LogP contribution < -0.4 is 10.1 Å². The summed E-state index contributed by atoms with van der Waals surface area (Å²) in [4.78, 5) is 24.0. The quantitative estimate of drug-likeness (QED) is 0.439. The molecule has 4 rings (SSSR count). The van der Waals surface area contributed by atoms with Crippen LogP contribution in [0.1, 0.15) is 16.2 Å². The number of amides is 1. The highest BCUT2D eigenvalue weighted by Crippen LogP contribution is 2.26. The number of imidazole rings is 1. The van der Waals surface area contributed by atoms with E-state index in [4.69, 9.17) is 0 Å². The molecule has 1 aromatic carbocycles. The number of benzene rings is 1. The van der Waals surface area contributed by atoms with Crippen LogP contribution >= 0.6 is 0 Å². The zero-order chi connectivity index (χ0) is 23.8. The molecule has 0 fully saturated rings. The zero-order valence-electron chi connectivity index (χ0n) is 16.9. The molecule has 172 valence electrons. The third kappa shape index (κ3) is 5.31. The second-order valence-electron chi connectivity index (χ2n) is 7.00. The van der Waals surface area contributed by atoms with Gasteiger partial charge >= 0.3 is 6.36 Å². The molecule has 0 aliphatic carbocycles. The predicted molar refractivity (Wildman–Crippen MR) is 112 cm³/mol. The second kappa shape index (κ2) is 8.24. The van der Waals surface area contributed by atoms with E-state index in [1.807, 2.05) is 0 Å². The second-order valence-corrected chi connectivity index (χ2v) is 8.89. The van der Waals surface area contributed by atoms with Crippen LogP contribution in [0.4, 0.5) is 13.2 Å². The van der Waals surface area contributed by atoms with Crippen molar-refractivity contribution in [1.29, 1.82) is 0 Å². The normalized spacial score (nSPS) is 12.1. The van der Waals surface area contributed by atoms with Gasteiger partial charge < -0.3 is 15.0 Å². The van der Waals surface area contributed by atoms with Crippen LogP contribution in [0.5, 0.6) is 5.75 Å². The molecule has 9 nitrogen and oxygen atoms in total. The van der Waals surface area contributed by atoms with Crippen molar-refractivity contribution in [2.75, 3.05) is 6.26 Å². The lowest BCUT2D eigenvalue weighted by Crippen LogP contribution is -2.23. The van der Waals surface area contributed by atoms with E-state index in [1.54, 1.807) is 12.1 Å². The Morgan fingerprint density at radius 3 is 2.48 bits per heavy atom. The molecule has 33 heavy (non-hydrogen) atoms. The van der Waals surface area contributed by atoms with Gasteiger partial charge in [0, 0.05) is 18.0 Å². The maximum atomic E-state index is 12.3. The standard InChI is InChI=1S/C20H16F3N5O4S/c1-33(30,31)28-9-8-13(11-28)19(29)24-10-17-25-16-7-6-15(26-18(16)27-17)12-2-4-14(5-3-12)32-20(21,22)23/h2-9,11H,10H2,1H3,(H,24,29)(H,25,26,27). The van der Waals surface area contributed by atoms with Gasteiger partial charge in [0.25, 0.3) is 5.91 Å². The summed E-state index contributed by atoms with van der Waals surface area (Å²) in [6.45, 7) is 0.0397. The molecule has 0 saturated carbocycles. The lowest BCUT2D eigenvalue weighted by molar-refractivity contribution is -0.274. The number of fused-ring (bicyclic) bond motifs is 1. The summed E-state index contributed by atoms with van der Waals surface area (Å²) >= 11 is 0. The zero-order valence-corrected chi connectivity index (χ0v) is 17.7. The number of halogens is 3. The Morgan fingerprint density at radius 1 is 1.12 bits per heavy atom. The number of pyridine rings is 1. The molecule has 2 N–H and O–H groups in total. The molecule has 0 aliphatic rings. The van der Waals surface area contributed by atoms with Crippen LogP contribution in [-0.4, -0.2) is 45.9 Å². The average Bonchev–Trinajstić information content (AvgIpc) is 3.38. The summed E-state index contributed by atoms with van der Waals surface area (Å²) in [5.41, 5.74) is 2.19. The highest BCUT2D eigenvalue weighted by molar-refractivity contribution is 7.89. The molecule has 0 bridgehead atoms. The van der Waals surface area contributed by atoms with Crippen LogP contribution in [0.3, 0.4) is 0 Å². The number of nitrogens with one attached hydrogen (secondary N) is 2. The Balaban J connectivity index is 1.46. The summed E-state index contributed by atoms with van der Waals surface area (Å²) < 4.78 is 64.7. The Labute approximate surface area is 185 Å². The number of hydrogen-bond acceptors (Lipinski definition) is 6. The fourth-order valence-electron chi connectivity index (χ4n) is 3.00. The van der Waals surface area contributed by atoms with Crippen molar-refractivity contribution in [1.82, 2.24) is 24.2 Å². The molecule has 3 heterocycles. The number of alkyl halides is 3. The lowest BCUT2D eigenvalue weighted by Gasteiger charge is -2.09. The van der Waals surface area contributed by atoms with Crippen molar-refractivity contribution >= 4 is 27.1 Å². The maximum absolute atomic E-state index is 12.3. The molecule has 3 aromatic heterocycles. The molecule has 0 atom stereocenters. The Morgan fingerprint density at radius 2 is 1.85 bits per heavy atom. The monoisotopic (exact) mass is 479 g/mol. The van der Waals surface area contributed by atoms with Crippen molar-refractivity contribution in [3.05, 3.63) is 66.2 Å². The van der Waals surface area contributed by atoms with Gasteiger partial charge in [-0.1, -0.05) is 0 Å². The van der Waals surface area contributed by atoms with E-state index in [0.29, 0.717) is 28.2 Å². The van der Waals surface area contributed by atoms with Gasteiger partial charge in [-0.25, -0.2) is 18.4 Å². The molecule has 13 heteroatoms. The van der Waals surface area contributed by atoms with E-state index in [-0.39, 0.29) is 17.9 Å². The fraction of sp³-hybridized carbons (Fsp3) is 0.150. The third-order valence-electron chi connectivity index (χ3n) is 4.51. The van der Waals surface area contributed by atoms with E-state index >= 15 is 0 Å². The van der Waals surface area contributed by atoms with Crippen LogP contribution in [0.25, 0.3) is 22.4 Å². The van der Waals surface area contributed by atoms with Crippen LogP contribution in [0, 0.1) is 0 Å². The van der Waals surface area contributed by atoms with E-state index in [1.165, 1.54) is 42.7 Å². The van der Waals surface area contributed by atoms with Gasteiger partial charge in [-0.2, -0.15) is 0 Å². The first-order chi connectivity index (χ1) is 15.5. The number of aromatic amines is 1. The number of carbonyl (C=O) groups excluding carboxylic acids is 1. The van der Waals surface area contributed by atoms with Gasteiger partial charge in [0.1, 0.15) is 11.6 Å². The Kier molecular flexibility index (Phi) is 5.57. The van der Waals surface area contributed by atoms with Gasteiger partial charge in [-0.15, -0.1) is 13.2 Å². The summed E-state index contributed by atoms with van der Waals surface area (Å²) in [6, 6.07) is 10.1. The molecule has 0 saturated heterocycles. The number of nitrogens with zero attached hydrogens (tertiary/aromatic N) is 3. The first-order valence-electron chi connectivity index (χ1n) is 9.36. The topological polar surface area (TPSA) is 119 Å². The largest absolute Gasteiger partial charge is 0.573 e. The Bertz CT molecular complexity index is 1430. The molecule has 0 radical (unpaired) electrons. The van der Waals surface area contributed by atoms with E-state index in [9.17, 15) is 26.4 Å². The molecule has 1 amide bonds. The van der Waals surface area contributed by atoms with Crippen molar-refractivity contribution in [3.63, 3.8) is 0 Å². The SMILES string of the molecule is CS(=O)(=O)n1ccc(C(=O)NCc2nc3nc(-c4ccc(OC(F)(F)F)cc4)ccc3[nH]2)c1. The van der Waals surface area contributed by atoms with E-state index in [2.05, 4.69) is 25.0 Å². The van der Waals surface area contributed by atoms with Crippen molar-refractivity contribution in [2.45, 2.75) is 12.9 Å². The van der Waals surface area contributed by atoms with Crippen LogP contribution in [0.2, 0.25) is 0 Å². The first-order valence-corrected chi connectivity index (χ1v) is 11.2. The van der Waals surface area contributed by atoms with Crippen molar-refractivity contribution in [2.24, 2.45) is 0 Å². The van der Waals surface area contributed by atoms with Crippen molar-refractivity contribution < 1.29 is 31.1 Å².